The molecule has 0 radical (unpaired) electrons. The number of carboxylic acids is 2. The number of fused-ring (bicyclic) bond motifs is 2. The fourth-order valence-corrected chi connectivity index (χ4v) is 3.62. The Morgan fingerprint density at radius 1 is 1.06 bits per heavy atom. The van der Waals surface area contributed by atoms with Crippen molar-refractivity contribution in [1.29, 1.82) is 0 Å². The van der Waals surface area contributed by atoms with E-state index in [1.54, 1.807) is 0 Å². The van der Waals surface area contributed by atoms with Gasteiger partial charge in [0.1, 0.15) is 0 Å². The molecule has 3 aliphatic heterocycles. The van der Waals surface area contributed by atoms with E-state index in [-0.39, 0.29) is 17.4 Å². The Morgan fingerprint density at radius 3 is 2.26 bits per heavy atom. The van der Waals surface area contributed by atoms with E-state index in [1.165, 1.54) is 0 Å². The number of aliphatic carboxylic acids is 2. The van der Waals surface area contributed by atoms with Crippen LogP contribution in [-0.4, -0.2) is 72.4 Å². The van der Waals surface area contributed by atoms with Crippen LogP contribution in [0.1, 0.15) is 12.8 Å². The summed E-state index contributed by atoms with van der Waals surface area (Å²) in [4.78, 5) is 56.6. The highest BCUT2D eigenvalue weighted by Crippen LogP contribution is 2.21. The minimum atomic E-state index is -5.08. The van der Waals surface area contributed by atoms with Crippen molar-refractivity contribution in [3.8, 4) is 11.5 Å². The van der Waals surface area contributed by atoms with E-state index in [0.717, 1.165) is 5.52 Å². The van der Waals surface area contributed by atoms with Gasteiger partial charge in [0.25, 0.3) is 5.56 Å². The molecule has 4 rings (SSSR count). The number of hydrogen-bond donors (Lipinski definition) is 3. The highest BCUT2D eigenvalue weighted by atomic mass is 19.4. The number of likely N-dealkylation sites (tertiary alicyclic amines) is 1. The monoisotopic (exact) mass is 483 g/mol. The lowest BCUT2D eigenvalue weighted by Gasteiger charge is -2.30. The van der Waals surface area contributed by atoms with Gasteiger partial charge in [-0.15, -0.1) is 0 Å². The second kappa shape index (κ2) is 9.99. The normalized spacial score (nSPS) is 15.1. The molecule has 0 bridgehead atoms. The number of hydrogen-bond acceptors (Lipinski definition) is 7. The van der Waals surface area contributed by atoms with E-state index < -0.39 is 29.4 Å². The Labute approximate surface area is 188 Å². The minimum absolute atomic E-state index is 0.137. The molecule has 182 valence electrons. The maximum Gasteiger partial charge on any atom is 0.490 e. The smallest absolute Gasteiger partial charge is 0.481 e. The van der Waals surface area contributed by atoms with Crippen molar-refractivity contribution in [3.05, 3.63) is 45.1 Å². The van der Waals surface area contributed by atoms with Crippen molar-refractivity contribution in [2.24, 2.45) is 5.92 Å². The van der Waals surface area contributed by atoms with Gasteiger partial charge in [-0.1, -0.05) is 12.1 Å². The first-order valence-corrected chi connectivity index (χ1v) is 10.1. The predicted molar refractivity (Wildman–Crippen MR) is 112 cm³/mol. The summed E-state index contributed by atoms with van der Waals surface area (Å²) in [5.74, 6) is -3.50. The van der Waals surface area contributed by atoms with Crippen molar-refractivity contribution in [3.63, 3.8) is 0 Å². The number of alkyl halides is 3. The molecule has 0 spiro atoms. The summed E-state index contributed by atoms with van der Waals surface area (Å²) in [6.07, 6.45) is -3.83. The zero-order valence-corrected chi connectivity index (χ0v) is 17.6. The number of nitrogens with zero attached hydrogens (tertiary/aromatic N) is 4. The fourth-order valence-electron chi connectivity index (χ4n) is 3.62. The van der Waals surface area contributed by atoms with Gasteiger partial charge in [-0.25, -0.2) is 14.6 Å². The summed E-state index contributed by atoms with van der Waals surface area (Å²) < 4.78 is 33.6. The summed E-state index contributed by atoms with van der Waals surface area (Å²) in [6, 6.07) is 7.40. The van der Waals surface area contributed by atoms with Gasteiger partial charge >= 0.3 is 23.8 Å². The maximum absolute atomic E-state index is 12.2. The van der Waals surface area contributed by atoms with Crippen molar-refractivity contribution < 1.29 is 33.0 Å². The predicted octanol–water partition coefficient (Wildman–Crippen LogP) is 1.01. The van der Waals surface area contributed by atoms with Gasteiger partial charge in [-0.2, -0.15) is 18.2 Å². The number of rotatable bonds is 4. The molecular formula is C20H20F3N5O6. The third-order valence-electron chi connectivity index (χ3n) is 5.33. The van der Waals surface area contributed by atoms with Gasteiger partial charge < -0.3 is 19.7 Å². The Balaban J connectivity index is 0.000000406. The number of aromatic amines is 1. The van der Waals surface area contributed by atoms with E-state index in [9.17, 15) is 27.6 Å². The van der Waals surface area contributed by atoms with Gasteiger partial charge in [0.2, 0.25) is 0 Å². The number of halogens is 3. The molecule has 3 N–H and O–H groups in total. The number of benzene rings is 1. The highest BCUT2D eigenvalue weighted by molar-refractivity contribution is 5.79. The van der Waals surface area contributed by atoms with E-state index in [0.29, 0.717) is 44.5 Å². The molecule has 0 amide bonds. The van der Waals surface area contributed by atoms with Crippen LogP contribution in [-0.2, 0) is 16.1 Å². The third kappa shape index (κ3) is 5.75. The number of piperidine rings is 1. The van der Waals surface area contributed by atoms with Crippen LogP contribution in [0.2, 0.25) is 0 Å². The number of aromatic nitrogens is 4. The minimum Gasteiger partial charge on any atom is -0.481 e. The molecule has 11 nitrogen and oxygen atoms in total. The van der Waals surface area contributed by atoms with Crippen LogP contribution in [0.15, 0.2) is 33.9 Å². The van der Waals surface area contributed by atoms with E-state index in [2.05, 4.69) is 19.9 Å². The second-order valence-corrected chi connectivity index (χ2v) is 7.55. The van der Waals surface area contributed by atoms with Gasteiger partial charge in [-0.05, 0) is 38.1 Å². The largest absolute Gasteiger partial charge is 0.490 e. The molecule has 1 aromatic carbocycles. The third-order valence-corrected chi connectivity index (χ3v) is 5.33. The van der Waals surface area contributed by atoms with E-state index in [4.69, 9.17) is 15.0 Å². The summed E-state index contributed by atoms with van der Waals surface area (Å²) in [7, 11) is 0. The summed E-state index contributed by atoms with van der Waals surface area (Å²) in [5.41, 5.74) is 0.341. The number of carboxylic acid groups (broad SMARTS) is 2. The molecule has 3 aliphatic rings. The van der Waals surface area contributed by atoms with Crippen LogP contribution in [0, 0.1) is 5.92 Å². The lowest BCUT2D eigenvalue weighted by Crippen LogP contribution is -2.38. The molecule has 0 aliphatic carbocycles. The SMILES string of the molecule is O=C(O)C(F)(F)F.O=C(O)C1CCN(CCn2c3nc(=O)[nH]c(=O)c-3nc3ccccc32)CC1. The molecule has 0 atom stereocenters. The van der Waals surface area contributed by atoms with Crippen LogP contribution in [0.3, 0.4) is 0 Å². The first kappa shape index (κ1) is 24.8. The van der Waals surface area contributed by atoms with Crippen molar-refractivity contribution >= 4 is 23.0 Å². The molecule has 1 fully saturated rings. The molecular weight excluding hydrogens is 463 g/mol. The quantitative estimate of drug-likeness (QED) is 0.461. The first-order chi connectivity index (χ1) is 16.0. The molecule has 0 saturated carbocycles. The molecule has 0 aromatic heterocycles. The second-order valence-electron chi connectivity index (χ2n) is 7.55. The van der Waals surface area contributed by atoms with Crippen LogP contribution in [0.5, 0.6) is 0 Å². The van der Waals surface area contributed by atoms with E-state index in [1.807, 2.05) is 28.8 Å². The number of H-pyrrole nitrogens is 1. The molecule has 3 heterocycles. The van der Waals surface area contributed by atoms with Crippen LogP contribution < -0.4 is 11.2 Å². The fraction of sp³-hybridized carbons (Fsp3) is 0.400. The average molecular weight is 483 g/mol. The highest BCUT2D eigenvalue weighted by Gasteiger charge is 2.38. The van der Waals surface area contributed by atoms with Crippen molar-refractivity contribution in [1.82, 2.24) is 24.4 Å². The summed E-state index contributed by atoms with van der Waals surface area (Å²) >= 11 is 0. The number of carbonyl (C=O) groups is 2. The summed E-state index contributed by atoms with van der Waals surface area (Å²) in [5, 5.41) is 16.2. The summed E-state index contributed by atoms with van der Waals surface area (Å²) in [6.45, 7) is 2.61. The zero-order chi connectivity index (χ0) is 25.0. The Kier molecular flexibility index (Phi) is 7.29. The van der Waals surface area contributed by atoms with Gasteiger partial charge in [-0.3, -0.25) is 14.6 Å². The van der Waals surface area contributed by atoms with Crippen LogP contribution >= 0.6 is 0 Å². The Morgan fingerprint density at radius 2 is 1.68 bits per heavy atom. The zero-order valence-electron chi connectivity index (χ0n) is 17.6. The van der Waals surface area contributed by atoms with Crippen LogP contribution in [0.25, 0.3) is 22.6 Å². The Bertz CT molecular complexity index is 1280. The Hall–Kier alpha value is -3.81. The average Bonchev–Trinajstić information content (AvgIpc) is 2.77. The maximum atomic E-state index is 12.2. The number of para-hydroxylation sites is 2. The molecule has 34 heavy (non-hydrogen) atoms. The molecule has 14 heteroatoms. The number of nitrogens with one attached hydrogen (secondary N) is 1. The van der Waals surface area contributed by atoms with Gasteiger partial charge in [0.15, 0.2) is 11.5 Å². The van der Waals surface area contributed by atoms with Gasteiger partial charge in [0.05, 0.1) is 17.0 Å². The molecule has 1 aromatic rings. The molecule has 1 saturated heterocycles. The first-order valence-electron chi connectivity index (χ1n) is 10.1. The van der Waals surface area contributed by atoms with Crippen molar-refractivity contribution in [2.75, 3.05) is 19.6 Å². The van der Waals surface area contributed by atoms with E-state index >= 15 is 0 Å². The lowest BCUT2D eigenvalue weighted by atomic mass is 9.97. The van der Waals surface area contributed by atoms with Gasteiger partial charge in [0, 0.05) is 13.1 Å². The topological polar surface area (TPSA) is 158 Å². The standard InChI is InChI=1S/C18H19N5O4.C2HF3O2/c24-16-14-15(20-18(27)21-16)23(13-4-2-1-3-12(13)19-14)10-9-22-7-5-11(6-8-22)17(25)26;3-2(4,5)1(6)7/h1-4,11H,5-10H2,(H,25,26)(H,21,24,27);(H,6,7). The molecule has 0 unspecified atom stereocenters. The van der Waals surface area contributed by atoms with Crippen molar-refractivity contribution in [2.45, 2.75) is 25.6 Å². The lowest BCUT2D eigenvalue weighted by molar-refractivity contribution is -0.192. The van der Waals surface area contributed by atoms with Crippen LogP contribution in [0.4, 0.5) is 13.2 Å².